The fraction of sp³-hybridized carbons (Fsp3) is 0.0714. The number of primary amides is 1. The predicted molar refractivity (Wildman–Crippen MR) is 71.7 cm³/mol. The monoisotopic (exact) mass is 272 g/mol. The van der Waals surface area contributed by atoms with Gasteiger partial charge in [-0.2, -0.15) is 0 Å². The Morgan fingerprint density at radius 3 is 2.35 bits per heavy atom. The number of carbonyl (C=O) groups is 2. The summed E-state index contributed by atoms with van der Waals surface area (Å²) in [7, 11) is 0. The van der Waals surface area contributed by atoms with Crippen molar-refractivity contribution < 1.29 is 14.7 Å². The van der Waals surface area contributed by atoms with Crippen LogP contribution in [-0.2, 0) is 6.54 Å². The standard InChI is InChI=1S/C14H12N2O4/c15-13(18)10-3-1-9(2-4-10)7-16-6-5-12(17)11(8-16)14(19)20/h1-6,8H,7H2,(H2,15,18)(H,19,20). The maximum atomic E-state index is 11.3. The Hall–Kier alpha value is -2.89. The fourth-order valence-electron chi connectivity index (χ4n) is 1.77. The van der Waals surface area contributed by atoms with Crippen molar-refractivity contribution in [2.24, 2.45) is 5.73 Å². The molecule has 0 aliphatic carbocycles. The lowest BCUT2D eigenvalue weighted by Crippen LogP contribution is -2.17. The molecule has 6 heteroatoms. The average Bonchev–Trinajstić information content (AvgIpc) is 2.41. The number of carboxylic acid groups (broad SMARTS) is 1. The van der Waals surface area contributed by atoms with Gasteiger partial charge in [0.1, 0.15) is 5.56 Å². The molecule has 1 aromatic carbocycles. The van der Waals surface area contributed by atoms with Crippen molar-refractivity contribution in [3.63, 3.8) is 0 Å². The van der Waals surface area contributed by atoms with Gasteiger partial charge in [-0.25, -0.2) is 4.79 Å². The number of rotatable bonds is 4. The largest absolute Gasteiger partial charge is 0.477 e. The molecule has 6 nitrogen and oxygen atoms in total. The van der Waals surface area contributed by atoms with Gasteiger partial charge in [0.15, 0.2) is 5.43 Å². The lowest BCUT2D eigenvalue weighted by Gasteiger charge is -2.07. The number of aromatic carboxylic acids is 1. The maximum Gasteiger partial charge on any atom is 0.341 e. The summed E-state index contributed by atoms with van der Waals surface area (Å²) in [5.74, 6) is -1.76. The molecule has 0 spiro atoms. The highest BCUT2D eigenvalue weighted by atomic mass is 16.4. The first kappa shape index (κ1) is 13.5. The molecule has 20 heavy (non-hydrogen) atoms. The minimum atomic E-state index is -1.26. The molecule has 0 radical (unpaired) electrons. The summed E-state index contributed by atoms with van der Waals surface area (Å²) in [4.78, 5) is 33.2. The summed E-state index contributed by atoms with van der Waals surface area (Å²) in [5, 5.41) is 8.89. The Bertz CT molecular complexity index is 717. The van der Waals surface area contributed by atoms with Crippen LogP contribution in [-0.4, -0.2) is 21.6 Å². The molecule has 3 N–H and O–H groups in total. The third kappa shape index (κ3) is 2.92. The first-order chi connectivity index (χ1) is 9.47. The molecule has 1 heterocycles. The Morgan fingerprint density at radius 1 is 1.15 bits per heavy atom. The number of nitrogens with zero attached hydrogens (tertiary/aromatic N) is 1. The van der Waals surface area contributed by atoms with Gasteiger partial charge in [0.05, 0.1) is 0 Å². The average molecular weight is 272 g/mol. The van der Waals surface area contributed by atoms with Crippen LogP contribution in [0.1, 0.15) is 26.3 Å². The van der Waals surface area contributed by atoms with Gasteiger partial charge < -0.3 is 15.4 Å². The number of amides is 1. The van der Waals surface area contributed by atoms with Crippen LogP contribution in [0, 0.1) is 0 Å². The van der Waals surface area contributed by atoms with Crippen LogP contribution in [0.4, 0.5) is 0 Å². The van der Waals surface area contributed by atoms with Gasteiger partial charge in [0.2, 0.25) is 5.91 Å². The van der Waals surface area contributed by atoms with E-state index in [4.69, 9.17) is 10.8 Å². The highest BCUT2D eigenvalue weighted by Gasteiger charge is 2.08. The van der Waals surface area contributed by atoms with Crippen molar-refractivity contribution in [3.8, 4) is 0 Å². The first-order valence-corrected chi connectivity index (χ1v) is 5.79. The SMILES string of the molecule is NC(=O)c1ccc(Cn2ccc(=O)c(C(=O)O)c2)cc1. The highest BCUT2D eigenvalue weighted by Crippen LogP contribution is 2.06. The molecule has 0 unspecified atom stereocenters. The van der Waals surface area contributed by atoms with E-state index in [0.717, 1.165) is 5.56 Å². The van der Waals surface area contributed by atoms with Gasteiger partial charge in [-0.15, -0.1) is 0 Å². The molecule has 0 aliphatic heterocycles. The van der Waals surface area contributed by atoms with E-state index in [1.54, 1.807) is 28.8 Å². The number of carboxylic acids is 1. The van der Waals surface area contributed by atoms with E-state index in [1.807, 2.05) is 0 Å². The van der Waals surface area contributed by atoms with Crippen LogP contribution in [0.25, 0.3) is 0 Å². The Labute approximate surface area is 114 Å². The van der Waals surface area contributed by atoms with E-state index < -0.39 is 17.3 Å². The number of nitrogens with two attached hydrogens (primary N) is 1. The molecule has 1 aromatic heterocycles. The Balaban J connectivity index is 2.26. The zero-order valence-corrected chi connectivity index (χ0v) is 10.4. The topological polar surface area (TPSA) is 102 Å². The summed E-state index contributed by atoms with van der Waals surface area (Å²) < 4.78 is 1.59. The number of hydrogen-bond donors (Lipinski definition) is 2. The van der Waals surface area contributed by atoms with Crippen LogP contribution in [0.2, 0.25) is 0 Å². The number of aromatic nitrogens is 1. The van der Waals surface area contributed by atoms with Gasteiger partial charge >= 0.3 is 5.97 Å². The molecule has 0 saturated carbocycles. The smallest absolute Gasteiger partial charge is 0.341 e. The lowest BCUT2D eigenvalue weighted by atomic mass is 10.1. The summed E-state index contributed by atoms with van der Waals surface area (Å²) in [6.45, 7) is 0.388. The van der Waals surface area contributed by atoms with E-state index in [0.29, 0.717) is 12.1 Å². The highest BCUT2D eigenvalue weighted by molar-refractivity contribution is 5.92. The molecule has 102 valence electrons. The Morgan fingerprint density at radius 2 is 1.80 bits per heavy atom. The van der Waals surface area contributed by atoms with E-state index in [1.165, 1.54) is 18.5 Å². The number of hydrogen-bond acceptors (Lipinski definition) is 3. The summed E-state index contributed by atoms with van der Waals surface area (Å²) in [5.41, 5.74) is 5.59. The number of carbonyl (C=O) groups excluding carboxylic acids is 1. The van der Waals surface area contributed by atoms with Crippen molar-refractivity contribution in [2.45, 2.75) is 6.54 Å². The second-order valence-corrected chi connectivity index (χ2v) is 4.26. The third-order valence-electron chi connectivity index (χ3n) is 2.81. The number of pyridine rings is 1. The van der Waals surface area contributed by atoms with E-state index in [-0.39, 0.29) is 5.56 Å². The maximum absolute atomic E-state index is 11.3. The quantitative estimate of drug-likeness (QED) is 0.854. The molecule has 0 fully saturated rings. The lowest BCUT2D eigenvalue weighted by molar-refractivity contribution is 0.0694. The first-order valence-electron chi connectivity index (χ1n) is 5.79. The van der Waals surface area contributed by atoms with Crippen molar-refractivity contribution in [3.05, 3.63) is 69.6 Å². The number of benzene rings is 1. The molecule has 2 rings (SSSR count). The third-order valence-corrected chi connectivity index (χ3v) is 2.81. The van der Waals surface area contributed by atoms with Crippen molar-refractivity contribution >= 4 is 11.9 Å². The second kappa shape index (κ2) is 5.40. The summed E-state index contributed by atoms with van der Waals surface area (Å²) in [6, 6.07) is 7.84. The van der Waals surface area contributed by atoms with Crippen LogP contribution in [0.3, 0.4) is 0 Å². The van der Waals surface area contributed by atoms with Crippen molar-refractivity contribution in [1.29, 1.82) is 0 Å². The minimum Gasteiger partial charge on any atom is -0.477 e. The Kier molecular flexibility index (Phi) is 3.65. The van der Waals surface area contributed by atoms with Gasteiger partial charge in [0.25, 0.3) is 0 Å². The van der Waals surface area contributed by atoms with Crippen LogP contribution in [0.15, 0.2) is 47.5 Å². The van der Waals surface area contributed by atoms with Gasteiger partial charge in [-0.1, -0.05) is 12.1 Å². The molecule has 0 saturated heterocycles. The van der Waals surface area contributed by atoms with E-state index in [2.05, 4.69) is 0 Å². The van der Waals surface area contributed by atoms with Crippen LogP contribution in [0.5, 0.6) is 0 Å². The van der Waals surface area contributed by atoms with Gasteiger partial charge in [-0.3, -0.25) is 9.59 Å². The van der Waals surface area contributed by atoms with Crippen molar-refractivity contribution in [1.82, 2.24) is 4.57 Å². The molecular weight excluding hydrogens is 260 g/mol. The second-order valence-electron chi connectivity index (χ2n) is 4.26. The molecule has 0 aliphatic rings. The molecule has 0 atom stereocenters. The molecule has 2 aromatic rings. The van der Waals surface area contributed by atoms with Gasteiger partial charge in [0, 0.05) is 30.6 Å². The van der Waals surface area contributed by atoms with Crippen molar-refractivity contribution in [2.75, 3.05) is 0 Å². The summed E-state index contributed by atoms with van der Waals surface area (Å²) >= 11 is 0. The van der Waals surface area contributed by atoms with Crippen LogP contribution >= 0.6 is 0 Å². The van der Waals surface area contributed by atoms with Crippen LogP contribution < -0.4 is 11.2 Å². The molecular formula is C14H12N2O4. The fourth-order valence-corrected chi connectivity index (χ4v) is 1.77. The zero-order valence-electron chi connectivity index (χ0n) is 10.4. The minimum absolute atomic E-state index is 0.277. The molecule has 0 bridgehead atoms. The predicted octanol–water partition coefficient (Wildman–Crippen LogP) is 0.694. The normalized spacial score (nSPS) is 10.2. The van der Waals surface area contributed by atoms with E-state index >= 15 is 0 Å². The zero-order chi connectivity index (χ0) is 14.7. The molecule has 1 amide bonds. The summed E-state index contributed by atoms with van der Waals surface area (Å²) in [6.07, 6.45) is 2.80. The van der Waals surface area contributed by atoms with E-state index in [9.17, 15) is 14.4 Å². The van der Waals surface area contributed by atoms with Gasteiger partial charge in [-0.05, 0) is 17.7 Å².